The smallest absolute Gasteiger partial charge is 0.299 e. The topological polar surface area (TPSA) is 97.1 Å². The summed E-state index contributed by atoms with van der Waals surface area (Å²) < 4.78 is 2.89. The molecular weight excluding hydrogens is 356 g/mol. The standard InChI is InChI=1S/C17H17ClN6O2/c1-11(18)8-9-24-13-14(23(2)17(26)21-15(13)25)20-16(24)22-19-10-12-6-4-3-5-7-12/h3-8,10H,9H2,1-2H3,(H,20,22)(H,21,25,26)/b11-8-,19-10+. The fourth-order valence-corrected chi connectivity index (χ4v) is 2.49. The number of fused-ring (bicyclic) bond motifs is 1. The van der Waals surface area contributed by atoms with Gasteiger partial charge in [0.1, 0.15) is 0 Å². The van der Waals surface area contributed by atoms with E-state index in [1.165, 1.54) is 11.6 Å². The van der Waals surface area contributed by atoms with E-state index >= 15 is 0 Å². The molecule has 3 rings (SSSR count). The van der Waals surface area contributed by atoms with E-state index in [0.717, 1.165) is 5.56 Å². The zero-order valence-electron chi connectivity index (χ0n) is 14.2. The van der Waals surface area contributed by atoms with Crippen LogP contribution >= 0.6 is 11.6 Å². The largest absolute Gasteiger partial charge is 0.329 e. The number of aryl methyl sites for hydroxylation is 1. The number of nitrogens with one attached hydrogen (secondary N) is 2. The first-order chi connectivity index (χ1) is 12.5. The Morgan fingerprint density at radius 3 is 2.77 bits per heavy atom. The van der Waals surface area contributed by atoms with E-state index in [1.54, 1.807) is 23.8 Å². The summed E-state index contributed by atoms with van der Waals surface area (Å²) in [5.74, 6) is 0.327. The average Bonchev–Trinajstić information content (AvgIpc) is 2.98. The summed E-state index contributed by atoms with van der Waals surface area (Å²) in [5, 5.41) is 4.74. The lowest BCUT2D eigenvalue weighted by Crippen LogP contribution is -2.29. The molecule has 0 unspecified atom stereocenters. The van der Waals surface area contributed by atoms with Gasteiger partial charge in [-0.2, -0.15) is 10.1 Å². The van der Waals surface area contributed by atoms with Crippen molar-refractivity contribution < 1.29 is 0 Å². The Morgan fingerprint density at radius 2 is 2.08 bits per heavy atom. The molecule has 0 radical (unpaired) electrons. The lowest BCUT2D eigenvalue weighted by molar-refractivity contribution is 0.818. The van der Waals surface area contributed by atoms with Crippen molar-refractivity contribution in [1.82, 2.24) is 19.1 Å². The number of rotatable bonds is 5. The van der Waals surface area contributed by atoms with Crippen molar-refractivity contribution in [3.05, 3.63) is 67.8 Å². The third-order valence-corrected chi connectivity index (χ3v) is 3.89. The van der Waals surface area contributed by atoms with E-state index < -0.39 is 11.2 Å². The second-order valence-electron chi connectivity index (χ2n) is 5.61. The normalized spacial score (nSPS) is 12.2. The molecule has 0 saturated carbocycles. The molecule has 2 N–H and O–H groups in total. The van der Waals surface area contributed by atoms with Gasteiger partial charge in [-0.1, -0.05) is 48.0 Å². The van der Waals surface area contributed by atoms with Crippen molar-refractivity contribution in [1.29, 1.82) is 0 Å². The average molecular weight is 373 g/mol. The van der Waals surface area contributed by atoms with Crippen molar-refractivity contribution >= 4 is 34.9 Å². The van der Waals surface area contributed by atoms with Crippen LogP contribution in [0.1, 0.15) is 12.5 Å². The highest BCUT2D eigenvalue weighted by molar-refractivity contribution is 6.29. The van der Waals surface area contributed by atoms with Crippen molar-refractivity contribution in [2.75, 3.05) is 5.43 Å². The first kappa shape index (κ1) is 17.7. The zero-order valence-corrected chi connectivity index (χ0v) is 15.0. The number of hydrogen-bond donors (Lipinski definition) is 2. The highest BCUT2D eigenvalue weighted by atomic mass is 35.5. The lowest BCUT2D eigenvalue weighted by atomic mass is 10.2. The molecule has 0 amide bonds. The van der Waals surface area contributed by atoms with Crippen LogP contribution in [0.25, 0.3) is 11.2 Å². The lowest BCUT2D eigenvalue weighted by Gasteiger charge is -2.05. The maximum absolute atomic E-state index is 12.3. The molecule has 0 saturated heterocycles. The number of hydrogen-bond acceptors (Lipinski definition) is 5. The molecule has 0 spiro atoms. The fourth-order valence-electron chi connectivity index (χ4n) is 2.42. The van der Waals surface area contributed by atoms with Gasteiger partial charge in [-0.3, -0.25) is 18.9 Å². The van der Waals surface area contributed by atoms with Crippen LogP contribution < -0.4 is 16.7 Å². The molecule has 8 nitrogen and oxygen atoms in total. The third-order valence-electron chi connectivity index (χ3n) is 3.74. The van der Waals surface area contributed by atoms with Crippen LogP contribution in [0.4, 0.5) is 5.95 Å². The molecule has 0 atom stereocenters. The number of imidazole rings is 1. The second kappa shape index (κ2) is 7.40. The molecule has 0 bridgehead atoms. The number of halogens is 1. The number of hydrazone groups is 1. The number of aromatic nitrogens is 4. The molecule has 26 heavy (non-hydrogen) atoms. The Kier molecular flexibility index (Phi) is 5.04. The van der Waals surface area contributed by atoms with Crippen molar-refractivity contribution in [3.8, 4) is 0 Å². The Labute approximate surface area is 153 Å². The van der Waals surface area contributed by atoms with Gasteiger partial charge in [-0.05, 0) is 12.5 Å². The highest BCUT2D eigenvalue weighted by Gasteiger charge is 2.16. The van der Waals surface area contributed by atoms with Crippen LogP contribution in [-0.2, 0) is 13.6 Å². The summed E-state index contributed by atoms with van der Waals surface area (Å²) in [6.07, 6.45) is 3.37. The molecule has 2 aromatic heterocycles. The van der Waals surface area contributed by atoms with E-state index in [0.29, 0.717) is 17.5 Å². The van der Waals surface area contributed by atoms with Gasteiger partial charge in [0.2, 0.25) is 5.95 Å². The Bertz CT molecular complexity index is 1100. The van der Waals surface area contributed by atoms with Gasteiger partial charge in [0.25, 0.3) is 5.56 Å². The number of benzene rings is 1. The maximum Gasteiger partial charge on any atom is 0.329 e. The summed E-state index contributed by atoms with van der Waals surface area (Å²) in [6.45, 7) is 2.04. The van der Waals surface area contributed by atoms with E-state index in [9.17, 15) is 9.59 Å². The summed E-state index contributed by atoms with van der Waals surface area (Å²) >= 11 is 5.92. The molecule has 134 valence electrons. The van der Waals surface area contributed by atoms with E-state index in [4.69, 9.17) is 11.6 Å². The first-order valence-electron chi connectivity index (χ1n) is 7.83. The third kappa shape index (κ3) is 3.60. The monoisotopic (exact) mass is 372 g/mol. The summed E-state index contributed by atoms with van der Waals surface area (Å²) in [7, 11) is 1.54. The number of anilines is 1. The minimum Gasteiger partial charge on any atom is -0.299 e. The number of aromatic amines is 1. The Hall–Kier alpha value is -3.13. The van der Waals surface area contributed by atoms with Crippen LogP contribution in [0.15, 0.2) is 56.1 Å². The van der Waals surface area contributed by atoms with E-state index in [2.05, 4.69) is 20.5 Å². The molecule has 2 heterocycles. The number of allylic oxidation sites excluding steroid dienone is 2. The molecular formula is C17H17ClN6O2. The van der Waals surface area contributed by atoms with Gasteiger partial charge < -0.3 is 0 Å². The molecule has 0 aliphatic carbocycles. The van der Waals surface area contributed by atoms with Crippen molar-refractivity contribution in [2.24, 2.45) is 12.1 Å². The fraction of sp³-hybridized carbons (Fsp3) is 0.176. The van der Waals surface area contributed by atoms with Gasteiger partial charge >= 0.3 is 5.69 Å². The molecule has 0 fully saturated rings. The summed E-state index contributed by atoms with van der Waals surface area (Å²) in [6, 6.07) is 9.53. The molecule has 3 aromatic rings. The van der Waals surface area contributed by atoms with Crippen molar-refractivity contribution in [2.45, 2.75) is 13.5 Å². The van der Waals surface area contributed by atoms with E-state index in [-0.39, 0.29) is 11.2 Å². The van der Waals surface area contributed by atoms with Crippen LogP contribution in [0.5, 0.6) is 0 Å². The molecule has 0 aliphatic heterocycles. The SMILES string of the molecule is C/C(Cl)=C/Cn1c(N/N=C/c2ccccc2)nc2c1c(=O)[nH]c(=O)n2C. The molecule has 1 aromatic carbocycles. The number of nitrogens with zero attached hydrogens (tertiary/aromatic N) is 4. The van der Waals surface area contributed by atoms with Crippen LogP contribution in [0.2, 0.25) is 0 Å². The van der Waals surface area contributed by atoms with Gasteiger partial charge in [0.05, 0.1) is 6.21 Å². The molecule has 9 heteroatoms. The van der Waals surface area contributed by atoms with Crippen LogP contribution in [0, 0.1) is 0 Å². The van der Waals surface area contributed by atoms with Crippen LogP contribution in [-0.4, -0.2) is 25.3 Å². The first-order valence-corrected chi connectivity index (χ1v) is 8.21. The zero-order chi connectivity index (χ0) is 18.7. The quantitative estimate of drug-likeness (QED) is 0.529. The Balaban J connectivity index is 2.07. The molecule has 0 aliphatic rings. The van der Waals surface area contributed by atoms with Crippen LogP contribution in [0.3, 0.4) is 0 Å². The maximum atomic E-state index is 12.3. The van der Waals surface area contributed by atoms with Gasteiger partial charge in [0.15, 0.2) is 11.2 Å². The van der Waals surface area contributed by atoms with Gasteiger partial charge in [-0.25, -0.2) is 10.2 Å². The highest BCUT2D eigenvalue weighted by Crippen LogP contribution is 2.16. The van der Waals surface area contributed by atoms with Gasteiger partial charge in [-0.15, -0.1) is 0 Å². The number of H-pyrrole nitrogens is 1. The second-order valence-corrected chi connectivity index (χ2v) is 6.20. The Morgan fingerprint density at radius 1 is 1.35 bits per heavy atom. The van der Waals surface area contributed by atoms with E-state index in [1.807, 2.05) is 30.3 Å². The predicted molar refractivity (Wildman–Crippen MR) is 103 cm³/mol. The minimum atomic E-state index is -0.532. The minimum absolute atomic E-state index is 0.261. The summed E-state index contributed by atoms with van der Waals surface area (Å²) in [5.41, 5.74) is 3.21. The van der Waals surface area contributed by atoms with Crippen molar-refractivity contribution in [3.63, 3.8) is 0 Å². The summed E-state index contributed by atoms with van der Waals surface area (Å²) in [4.78, 5) is 30.7. The predicted octanol–water partition coefficient (Wildman–Crippen LogP) is 2.01. The van der Waals surface area contributed by atoms with Gasteiger partial charge in [0, 0.05) is 18.6 Å².